The van der Waals surface area contributed by atoms with Gasteiger partial charge < -0.3 is 9.64 Å². The van der Waals surface area contributed by atoms with Crippen molar-refractivity contribution in [3.8, 4) is 16.9 Å². The Bertz CT molecular complexity index is 1880. The SMILES string of the molecule is O=c1[nH]ncn1-c1ccc(-c2cnc(N3CCOCC3)c3nc(C=Cc4ccc5ccccc5n4)cn23)cc1. The molecule has 6 aromatic rings. The topological polar surface area (TPSA) is 106 Å². The Kier molecular flexibility index (Phi) is 5.71. The van der Waals surface area contributed by atoms with E-state index >= 15 is 0 Å². The Morgan fingerprint density at radius 3 is 2.54 bits per heavy atom. The number of aromatic nitrogens is 7. The smallest absolute Gasteiger partial charge is 0.347 e. The maximum absolute atomic E-state index is 12.0. The molecule has 0 spiro atoms. The molecule has 192 valence electrons. The van der Waals surface area contributed by atoms with Crippen molar-refractivity contribution in [1.29, 1.82) is 0 Å². The Hall–Kier alpha value is -5.09. The van der Waals surface area contributed by atoms with Gasteiger partial charge in [-0.25, -0.2) is 29.4 Å². The molecular weight excluding hydrogens is 492 g/mol. The highest BCUT2D eigenvalue weighted by Crippen LogP contribution is 2.28. The first kappa shape index (κ1) is 23.1. The van der Waals surface area contributed by atoms with E-state index < -0.39 is 0 Å². The normalized spacial score (nSPS) is 14.1. The first-order valence-electron chi connectivity index (χ1n) is 12.7. The molecule has 10 nitrogen and oxygen atoms in total. The van der Waals surface area contributed by atoms with Crippen LogP contribution in [0, 0.1) is 0 Å². The highest BCUT2D eigenvalue weighted by atomic mass is 16.5. The summed E-state index contributed by atoms with van der Waals surface area (Å²) >= 11 is 0. The molecule has 10 heteroatoms. The first-order chi connectivity index (χ1) is 19.2. The largest absolute Gasteiger partial charge is 0.378 e. The second-order valence-corrected chi connectivity index (χ2v) is 9.27. The molecule has 0 radical (unpaired) electrons. The van der Waals surface area contributed by atoms with E-state index in [2.05, 4.69) is 31.6 Å². The third-order valence-corrected chi connectivity index (χ3v) is 6.84. The average molecular weight is 517 g/mol. The van der Waals surface area contributed by atoms with Crippen LogP contribution in [0.3, 0.4) is 0 Å². The molecule has 0 saturated carbocycles. The minimum absolute atomic E-state index is 0.284. The van der Waals surface area contributed by atoms with Crippen molar-refractivity contribution in [2.75, 3.05) is 31.2 Å². The summed E-state index contributed by atoms with van der Waals surface area (Å²) in [6.45, 7) is 2.83. The predicted molar refractivity (Wildman–Crippen MR) is 150 cm³/mol. The second-order valence-electron chi connectivity index (χ2n) is 9.27. The van der Waals surface area contributed by atoms with E-state index in [1.165, 1.54) is 10.9 Å². The van der Waals surface area contributed by atoms with Crippen molar-refractivity contribution in [3.63, 3.8) is 0 Å². The fraction of sp³-hybridized carbons (Fsp3) is 0.138. The molecule has 0 aliphatic carbocycles. The van der Waals surface area contributed by atoms with E-state index in [0.717, 1.165) is 63.8 Å². The number of ether oxygens (including phenoxy) is 1. The van der Waals surface area contributed by atoms with Crippen molar-refractivity contribution in [3.05, 3.63) is 101 Å². The van der Waals surface area contributed by atoms with Gasteiger partial charge in [0, 0.05) is 30.2 Å². The van der Waals surface area contributed by atoms with Crippen LogP contribution >= 0.6 is 0 Å². The monoisotopic (exact) mass is 516 g/mol. The van der Waals surface area contributed by atoms with Crippen LogP contribution in [-0.4, -0.2) is 60.4 Å². The van der Waals surface area contributed by atoms with Crippen LogP contribution in [0.4, 0.5) is 5.82 Å². The number of imidazole rings is 1. The second kappa shape index (κ2) is 9.66. The molecule has 4 aromatic heterocycles. The molecule has 1 saturated heterocycles. The number of pyridine rings is 1. The van der Waals surface area contributed by atoms with Crippen molar-refractivity contribution in [1.82, 2.24) is 34.1 Å². The summed E-state index contributed by atoms with van der Waals surface area (Å²) < 4.78 is 9.09. The van der Waals surface area contributed by atoms with Crippen LogP contribution in [-0.2, 0) is 4.74 Å². The quantitative estimate of drug-likeness (QED) is 0.371. The van der Waals surface area contributed by atoms with Gasteiger partial charge in [-0.2, -0.15) is 5.10 Å². The molecule has 0 bridgehead atoms. The zero-order valence-electron chi connectivity index (χ0n) is 20.9. The molecule has 39 heavy (non-hydrogen) atoms. The number of benzene rings is 2. The Labute approximate surface area is 222 Å². The highest BCUT2D eigenvalue weighted by Gasteiger charge is 2.19. The summed E-state index contributed by atoms with van der Waals surface area (Å²) in [5.74, 6) is 0.826. The van der Waals surface area contributed by atoms with Crippen molar-refractivity contribution in [2.45, 2.75) is 0 Å². The van der Waals surface area contributed by atoms with Gasteiger partial charge in [-0.05, 0) is 36.4 Å². The number of anilines is 1. The first-order valence-corrected chi connectivity index (χ1v) is 12.7. The number of nitrogens with one attached hydrogen (secondary N) is 1. The van der Waals surface area contributed by atoms with Crippen molar-refractivity contribution < 1.29 is 4.74 Å². The maximum Gasteiger partial charge on any atom is 0.347 e. The van der Waals surface area contributed by atoms with Crippen LogP contribution in [0.5, 0.6) is 0 Å². The summed E-state index contributed by atoms with van der Waals surface area (Å²) in [7, 11) is 0. The van der Waals surface area contributed by atoms with Gasteiger partial charge in [0.05, 0.1) is 47.7 Å². The Morgan fingerprint density at radius 1 is 0.897 bits per heavy atom. The maximum atomic E-state index is 12.0. The van der Waals surface area contributed by atoms with Gasteiger partial charge >= 0.3 is 5.69 Å². The molecule has 0 atom stereocenters. The molecule has 0 amide bonds. The number of fused-ring (bicyclic) bond motifs is 2. The summed E-state index contributed by atoms with van der Waals surface area (Å²) in [6.07, 6.45) is 9.31. The van der Waals surface area contributed by atoms with E-state index in [9.17, 15) is 4.79 Å². The number of morpholine rings is 1. The number of para-hydroxylation sites is 1. The van der Waals surface area contributed by atoms with E-state index in [-0.39, 0.29) is 5.69 Å². The number of aromatic amines is 1. The Morgan fingerprint density at radius 2 is 1.72 bits per heavy atom. The zero-order valence-corrected chi connectivity index (χ0v) is 20.9. The average Bonchev–Trinajstić information content (AvgIpc) is 3.62. The minimum atomic E-state index is -0.284. The van der Waals surface area contributed by atoms with Crippen LogP contribution in [0.25, 0.3) is 45.6 Å². The summed E-state index contributed by atoms with van der Waals surface area (Å²) in [6, 6.07) is 19.9. The molecule has 2 aromatic carbocycles. The molecule has 1 aliphatic rings. The van der Waals surface area contributed by atoms with Crippen LogP contribution < -0.4 is 10.6 Å². The minimum Gasteiger partial charge on any atom is -0.378 e. The van der Waals surface area contributed by atoms with E-state index in [1.54, 1.807) is 0 Å². The third kappa shape index (κ3) is 4.36. The fourth-order valence-corrected chi connectivity index (χ4v) is 4.84. The van der Waals surface area contributed by atoms with Gasteiger partial charge in [0.25, 0.3) is 0 Å². The van der Waals surface area contributed by atoms with E-state index in [0.29, 0.717) is 13.2 Å². The molecule has 0 unspecified atom stereocenters. The van der Waals surface area contributed by atoms with E-state index in [1.807, 2.05) is 73.1 Å². The van der Waals surface area contributed by atoms with Crippen LogP contribution in [0.15, 0.2) is 84.2 Å². The lowest BCUT2D eigenvalue weighted by Gasteiger charge is -2.28. The standard InChI is InChI=1S/C29H24N8O2/c38-29-34-31-19-37(29)24-11-6-21(7-12-24)26-17-30-27(35-13-15-39-16-14-35)28-33-23(18-36(26)28)10-9-22-8-5-20-3-1-2-4-25(20)32-22/h1-12,17-19H,13-16H2,(H,34,38). The van der Waals surface area contributed by atoms with Gasteiger partial charge in [0.15, 0.2) is 11.5 Å². The third-order valence-electron chi connectivity index (χ3n) is 6.84. The highest BCUT2D eigenvalue weighted by molar-refractivity contribution is 5.81. The number of nitrogens with zero attached hydrogens (tertiary/aromatic N) is 7. The van der Waals surface area contributed by atoms with Crippen molar-refractivity contribution in [2.24, 2.45) is 0 Å². The molecular formula is C29H24N8O2. The predicted octanol–water partition coefficient (Wildman–Crippen LogP) is 3.83. The van der Waals surface area contributed by atoms with Crippen LogP contribution in [0.2, 0.25) is 0 Å². The number of hydrogen-bond acceptors (Lipinski definition) is 7. The summed E-state index contributed by atoms with van der Waals surface area (Å²) in [4.78, 5) is 28.7. The lowest BCUT2D eigenvalue weighted by Crippen LogP contribution is -2.37. The van der Waals surface area contributed by atoms with Gasteiger partial charge in [0.1, 0.15) is 6.33 Å². The molecule has 1 aliphatic heterocycles. The molecule has 5 heterocycles. The van der Waals surface area contributed by atoms with Crippen molar-refractivity contribution >= 4 is 34.5 Å². The molecule has 1 N–H and O–H groups in total. The lowest BCUT2D eigenvalue weighted by molar-refractivity contribution is 0.122. The summed E-state index contributed by atoms with van der Waals surface area (Å²) in [5, 5.41) is 7.34. The van der Waals surface area contributed by atoms with Gasteiger partial charge in [-0.15, -0.1) is 0 Å². The summed E-state index contributed by atoms with van der Waals surface area (Å²) in [5.41, 5.74) is 5.68. The zero-order chi connectivity index (χ0) is 26.2. The van der Waals surface area contributed by atoms with Gasteiger partial charge in [-0.1, -0.05) is 36.4 Å². The molecule has 1 fully saturated rings. The van der Waals surface area contributed by atoms with E-state index in [4.69, 9.17) is 19.7 Å². The fourth-order valence-electron chi connectivity index (χ4n) is 4.84. The Balaban J connectivity index is 1.29. The lowest BCUT2D eigenvalue weighted by atomic mass is 10.1. The van der Waals surface area contributed by atoms with Gasteiger partial charge in [0.2, 0.25) is 0 Å². The molecule has 7 rings (SSSR count). The van der Waals surface area contributed by atoms with Gasteiger partial charge in [-0.3, -0.25) is 4.40 Å². The number of rotatable bonds is 5. The van der Waals surface area contributed by atoms with Crippen LogP contribution in [0.1, 0.15) is 11.4 Å². The number of hydrogen-bond donors (Lipinski definition) is 1. The number of H-pyrrole nitrogens is 1.